The minimum atomic E-state index is -0.164. The second-order valence-electron chi connectivity index (χ2n) is 5.06. The average molecular weight is 276 g/mol. The largest absolute Gasteiger partial charge is 0.436 e. The quantitative estimate of drug-likeness (QED) is 0.535. The van der Waals surface area contributed by atoms with Gasteiger partial charge in [0.15, 0.2) is 0 Å². The van der Waals surface area contributed by atoms with Crippen molar-refractivity contribution in [3.05, 3.63) is 70.5 Å². The van der Waals surface area contributed by atoms with Gasteiger partial charge in [-0.15, -0.1) is 5.10 Å². The van der Waals surface area contributed by atoms with Crippen LogP contribution in [0.1, 0.15) is 5.56 Å². The van der Waals surface area contributed by atoms with E-state index in [-0.39, 0.29) is 5.56 Å². The molecule has 102 valence electrons. The van der Waals surface area contributed by atoms with Crippen molar-refractivity contribution in [2.75, 3.05) is 0 Å². The summed E-state index contributed by atoms with van der Waals surface area (Å²) in [4.78, 5) is 12.5. The summed E-state index contributed by atoms with van der Waals surface area (Å²) in [5.41, 5.74) is 2.93. The summed E-state index contributed by atoms with van der Waals surface area (Å²) in [5.74, 6) is 0.360. The van der Waals surface area contributed by atoms with Crippen LogP contribution in [0.2, 0.25) is 0 Å². The lowest BCUT2D eigenvalue weighted by Gasteiger charge is -1.99. The number of aryl methyl sites for hydroxylation is 1. The predicted octanol–water partition coefficient (Wildman–Crippen LogP) is 3.39. The van der Waals surface area contributed by atoms with Gasteiger partial charge in [0.25, 0.3) is 5.56 Å². The fourth-order valence-corrected chi connectivity index (χ4v) is 2.41. The predicted molar refractivity (Wildman–Crippen MR) is 81.0 cm³/mol. The summed E-state index contributed by atoms with van der Waals surface area (Å²) in [6.07, 6.45) is 0. The molecule has 4 heteroatoms. The van der Waals surface area contributed by atoms with Crippen molar-refractivity contribution in [3.63, 3.8) is 0 Å². The SMILES string of the molecule is Cc1ccc(-n2nc3oc4ccccc4cc-3c2=O)cc1. The van der Waals surface area contributed by atoms with Crippen molar-refractivity contribution in [2.24, 2.45) is 0 Å². The first-order valence-corrected chi connectivity index (χ1v) is 6.71. The molecule has 2 aliphatic heterocycles. The number of nitrogens with zero attached hydrogens (tertiary/aromatic N) is 2. The van der Waals surface area contributed by atoms with E-state index in [0.717, 1.165) is 22.2 Å². The lowest BCUT2D eigenvalue weighted by Crippen LogP contribution is -2.14. The van der Waals surface area contributed by atoms with Crippen molar-refractivity contribution in [1.29, 1.82) is 0 Å². The van der Waals surface area contributed by atoms with Crippen LogP contribution in [0, 0.1) is 6.92 Å². The van der Waals surface area contributed by atoms with E-state index >= 15 is 0 Å². The number of hydrogen-bond acceptors (Lipinski definition) is 3. The standard InChI is InChI=1S/C17H12N2O2/c1-11-6-8-13(9-7-11)19-17(20)14-10-12-4-2-3-5-15(12)21-16(14)18-19/h2-10H,1H3. The molecule has 0 aliphatic carbocycles. The van der Waals surface area contributed by atoms with Crippen LogP contribution >= 0.6 is 0 Å². The van der Waals surface area contributed by atoms with Crippen LogP contribution in [0.25, 0.3) is 28.1 Å². The van der Waals surface area contributed by atoms with Gasteiger partial charge in [-0.3, -0.25) is 4.79 Å². The molecule has 0 radical (unpaired) electrons. The number of rotatable bonds is 1. The molecule has 4 rings (SSSR count). The van der Waals surface area contributed by atoms with Gasteiger partial charge >= 0.3 is 0 Å². The Hall–Kier alpha value is -2.88. The molecular weight excluding hydrogens is 264 g/mol. The molecule has 0 amide bonds. The monoisotopic (exact) mass is 276 g/mol. The molecule has 0 N–H and O–H groups in total. The zero-order valence-electron chi connectivity index (χ0n) is 11.4. The normalized spacial score (nSPS) is 11.3. The lowest BCUT2D eigenvalue weighted by molar-refractivity contribution is 0.591. The molecule has 0 saturated carbocycles. The molecule has 0 aromatic heterocycles. The zero-order chi connectivity index (χ0) is 14.4. The zero-order valence-corrected chi connectivity index (χ0v) is 11.4. The third kappa shape index (κ3) is 1.84. The highest BCUT2D eigenvalue weighted by atomic mass is 16.3. The van der Waals surface area contributed by atoms with Crippen LogP contribution in [0.5, 0.6) is 0 Å². The van der Waals surface area contributed by atoms with Gasteiger partial charge in [0.1, 0.15) is 11.1 Å². The Morgan fingerprint density at radius 3 is 2.62 bits per heavy atom. The minimum Gasteiger partial charge on any atom is -0.436 e. The van der Waals surface area contributed by atoms with E-state index in [0.29, 0.717) is 11.5 Å². The van der Waals surface area contributed by atoms with Crippen LogP contribution in [0.4, 0.5) is 0 Å². The fraction of sp³-hybridized carbons (Fsp3) is 0.0588. The molecule has 0 saturated heterocycles. The van der Waals surface area contributed by atoms with E-state index in [2.05, 4.69) is 5.10 Å². The van der Waals surface area contributed by atoms with Crippen molar-refractivity contribution in [3.8, 4) is 17.1 Å². The smallest absolute Gasteiger partial charge is 0.284 e. The van der Waals surface area contributed by atoms with E-state index in [1.807, 2.05) is 61.5 Å². The van der Waals surface area contributed by atoms with Gasteiger partial charge in [0.05, 0.1) is 5.69 Å². The highest BCUT2D eigenvalue weighted by molar-refractivity contribution is 5.81. The molecule has 2 aromatic rings. The van der Waals surface area contributed by atoms with Gasteiger partial charge in [-0.25, -0.2) is 0 Å². The molecule has 0 spiro atoms. The summed E-state index contributed by atoms with van der Waals surface area (Å²) in [7, 11) is 0. The molecule has 21 heavy (non-hydrogen) atoms. The molecule has 0 fully saturated rings. The number of hydrogen-bond donors (Lipinski definition) is 0. The Morgan fingerprint density at radius 2 is 1.81 bits per heavy atom. The number of benzene rings is 2. The van der Waals surface area contributed by atoms with Crippen molar-refractivity contribution < 1.29 is 4.42 Å². The van der Waals surface area contributed by atoms with E-state index in [9.17, 15) is 4.79 Å². The molecule has 0 bridgehead atoms. The van der Waals surface area contributed by atoms with Gasteiger partial charge in [0, 0.05) is 5.39 Å². The van der Waals surface area contributed by atoms with Gasteiger partial charge in [-0.1, -0.05) is 35.9 Å². The molecule has 0 atom stereocenters. The molecule has 0 unspecified atom stereocenters. The topological polar surface area (TPSA) is 48.0 Å². The maximum Gasteiger partial charge on any atom is 0.284 e. The second kappa shape index (κ2) is 4.31. The van der Waals surface area contributed by atoms with Crippen LogP contribution in [0.15, 0.2) is 63.8 Å². The van der Waals surface area contributed by atoms with Gasteiger partial charge in [-0.2, -0.15) is 4.68 Å². The maximum atomic E-state index is 12.5. The maximum absolute atomic E-state index is 12.5. The molecule has 2 aliphatic rings. The third-order valence-corrected chi connectivity index (χ3v) is 3.55. The van der Waals surface area contributed by atoms with Crippen molar-refractivity contribution in [1.82, 2.24) is 9.78 Å². The van der Waals surface area contributed by atoms with E-state index < -0.39 is 0 Å². The van der Waals surface area contributed by atoms with Gasteiger partial charge in [0.2, 0.25) is 5.89 Å². The van der Waals surface area contributed by atoms with E-state index in [1.165, 1.54) is 4.68 Å². The summed E-state index contributed by atoms with van der Waals surface area (Å²) in [5, 5.41) is 5.19. The summed E-state index contributed by atoms with van der Waals surface area (Å²) in [6, 6.07) is 17.1. The van der Waals surface area contributed by atoms with Crippen LogP contribution in [-0.4, -0.2) is 9.78 Å². The number of para-hydroxylation sites is 1. The number of fused-ring (bicyclic) bond motifs is 2. The van der Waals surface area contributed by atoms with Crippen LogP contribution in [0.3, 0.4) is 0 Å². The Kier molecular flexibility index (Phi) is 2.44. The van der Waals surface area contributed by atoms with E-state index in [4.69, 9.17) is 4.42 Å². The fourth-order valence-electron chi connectivity index (χ4n) is 2.41. The molecule has 2 heterocycles. The van der Waals surface area contributed by atoms with Gasteiger partial charge in [-0.05, 0) is 31.2 Å². The molecular formula is C17H12N2O2. The minimum absolute atomic E-state index is 0.164. The Balaban J connectivity index is 2.01. The second-order valence-corrected chi connectivity index (χ2v) is 5.06. The lowest BCUT2D eigenvalue weighted by atomic mass is 10.2. The van der Waals surface area contributed by atoms with Crippen LogP contribution < -0.4 is 5.56 Å². The first-order valence-electron chi connectivity index (χ1n) is 6.71. The van der Waals surface area contributed by atoms with Gasteiger partial charge < -0.3 is 4.42 Å². The summed E-state index contributed by atoms with van der Waals surface area (Å²) in [6.45, 7) is 2.00. The number of aromatic nitrogens is 2. The molecule has 4 nitrogen and oxygen atoms in total. The highest BCUT2D eigenvalue weighted by Crippen LogP contribution is 2.24. The first-order chi connectivity index (χ1) is 10.2. The Bertz CT molecular complexity index is 964. The van der Waals surface area contributed by atoms with Crippen LogP contribution in [-0.2, 0) is 0 Å². The Labute approximate surface area is 120 Å². The third-order valence-electron chi connectivity index (χ3n) is 3.55. The van der Waals surface area contributed by atoms with E-state index in [1.54, 1.807) is 0 Å². The Morgan fingerprint density at radius 1 is 1.05 bits per heavy atom. The summed E-state index contributed by atoms with van der Waals surface area (Å²) >= 11 is 0. The van der Waals surface area contributed by atoms with Crippen molar-refractivity contribution >= 4 is 11.0 Å². The molecule has 2 aromatic carbocycles. The first kappa shape index (κ1) is 11.9. The average Bonchev–Trinajstić information content (AvgIpc) is 2.82. The van der Waals surface area contributed by atoms with Crippen molar-refractivity contribution in [2.45, 2.75) is 6.92 Å². The highest BCUT2D eigenvalue weighted by Gasteiger charge is 2.19. The summed E-state index contributed by atoms with van der Waals surface area (Å²) < 4.78 is 7.10.